The Kier molecular flexibility index (Phi) is 2.49. The zero-order chi connectivity index (χ0) is 10.7. The average Bonchev–Trinajstić information content (AvgIpc) is 2.84. The molecule has 0 bridgehead atoms. The van der Waals surface area contributed by atoms with E-state index in [1.54, 1.807) is 43.8 Å². The zero-order valence-electron chi connectivity index (χ0n) is 8.25. The van der Waals surface area contributed by atoms with Crippen molar-refractivity contribution in [2.75, 3.05) is 0 Å². The molecule has 0 fully saturated rings. The summed E-state index contributed by atoms with van der Waals surface area (Å²) in [4.78, 5) is 11.6. The smallest absolute Gasteiger partial charge is 0.203 e. The lowest BCUT2D eigenvalue weighted by Gasteiger charge is -1.94. The molecule has 0 aromatic carbocycles. The van der Waals surface area contributed by atoms with E-state index in [-0.39, 0.29) is 5.78 Å². The quantitative estimate of drug-likeness (QED) is 0.564. The predicted molar refractivity (Wildman–Crippen MR) is 55.3 cm³/mol. The number of carbonyl (C=O) groups is 1. The van der Waals surface area contributed by atoms with Crippen molar-refractivity contribution in [3.8, 4) is 0 Å². The fourth-order valence-electron chi connectivity index (χ4n) is 1.24. The summed E-state index contributed by atoms with van der Waals surface area (Å²) in [5.41, 5.74) is 0.554. The number of aryl methyl sites for hydroxylation is 1. The molecule has 0 aliphatic rings. The van der Waals surface area contributed by atoms with Gasteiger partial charge in [0.25, 0.3) is 0 Å². The van der Waals surface area contributed by atoms with Gasteiger partial charge in [0.05, 0.1) is 6.26 Å². The van der Waals surface area contributed by atoms with Crippen molar-refractivity contribution in [2.45, 2.75) is 0 Å². The van der Waals surface area contributed by atoms with Crippen LogP contribution in [-0.4, -0.2) is 15.6 Å². The number of ketones is 1. The Morgan fingerprint density at radius 3 is 3.00 bits per heavy atom. The van der Waals surface area contributed by atoms with Crippen molar-refractivity contribution in [3.05, 3.63) is 48.2 Å². The lowest BCUT2D eigenvalue weighted by Crippen LogP contribution is -2.03. The van der Waals surface area contributed by atoms with Crippen LogP contribution in [0.3, 0.4) is 0 Å². The van der Waals surface area contributed by atoms with Gasteiger partial charge in [-0.3, -0.25) is 9.48 Å². The molecular weight excluding hydrogens is 192 g/mol. The Morgan fingerprint density at radius 1 is 1.53 bits per heavy atom. The molecule has 4 heteroatoms. The summed E-state index contributed by atoms with van der Waals surface area (Å²) >= 11 is 0. The van der Waals surface area contributed by atoms with E-state index in [1.165, 1.54) is 10.8 Å². The second-order valence-electron chi connectivity index (χ2n) is 3.05. The van der Waals surface area contributed by atoms with E-state index in [1.807, 2.05) is 0 Å². The lowest BCUT2D eigenvalue weighted by atomic mass is 10.2. The minimum atomic E-state index is -0.0913. The third-order valence-corrected chi connectivity index (χ3v) is 2.02. The topological polar surface area (TPSA) is 48.0 Å². The number of aromatic nitrogens is 2. The van der Waals surface area contributed by atoms with E-state index in [9.17, 15) is 4.79 Å². The van der Waals surface area contributed by atoms with Gasteiger partial charge in [0.1, 0.15) is 11.5 Å². The Hall–Kier alpha value is -2.10. The number of nitrogens with zero attached hydrogens (tertiary/aromatic N) is 2. The van der Waals surface area contributed by atoms with Crippen LogP contribution in [0.5, 0.6) is 0 Å². The maximum absolute atomic E-state index is 11.6. The van der Waals surface area contributed by atoms with Gasteiger partial charge in [0, 0.05) is 13.2 Å². The van der Waals surface area contributed by atoms with Crippen LogP contribution >= 0.6 is 0 Å². The van der Waals surface area contributed by atoms with Gasteiger partial charge in [-0.1, -0.05) is 0 Å². The highest BCUT2D eigenvalue weighted by molar-refractivity contribution is 6.05. The molecular formula is C11H10N2O2. The summed E-state index contributed by atoms with van der Waals surface area (Å²) in [7, 11) is 1.73. The minimum absolute atomic E-state index is 0.0913. The highest BCUT2D eigenvalue weighted by Gasteiger charge is 2.05. The molecule has 2 heterocycles. The fraction of sp³-hybridized carbons (Fsp3) is 0.0909. The first-order valence-electron chi connectivity index (χ1n) is 4.51. The number of rotatable bonds is 3. The van der Waals surface area contributed by atoms with Crippen molar-refractivity contribution >= 4 is 11.9 Å². The second kappa shape index (κ2) is 3.96. The number of allylic oxidation sites excluding steroid dienone is 1. The van der Waals surface area contributed by atoms with Crippen LogP contribution < -0.4 is 0 Å². The molecule has 2 rings (SSSR count). The first-order valence-corrected chi connectivity index (χ1v) is 4.51. The highest BCUT2D eigenvalue weighted by Crippen LogP contribution is 2.05. The van der Waals surface area contributed by atoms with Gasteiger partial charge in [-0.2, -0.15) is 5.10 Å². The van der Waals surface area contributed by atoms with Crippen molar-refractivity contribution in [2.24, 2.45) is 7.05 Å². The van der Waals surface area contributed by atoms with Crippen LogP contribution in [0.2, 0.25) is 0 Å². The van der Waals surface area contributed by atoms with Crippen molar-refractivity contribution in [1.82, 2.24) is 9.78 Å². The fourth-order valence-corrected chi connectivity index (χ4v) is 1.24. The molecule has 0 N–H and O–H groups in total. The maximum atomic E-state index is 11.6. The van der Waals surface area contributed by atoms with Gasteiger partial charge in [0.2, 0.25) is 5.78 Å². The molecule has 0 aliphatic heterocycles. The summed E-state index contributed by atoms with van der Waals surface area (Å²) < 4.78 is 6.61. The van der Waals surface area contributed by atoms with Crippen LogP contribution in [-0.2, 0) is 7.05 Å². The molecule has 0 radical (unpaired) electrons. The zero-order valence-corrected chi connectivity index (χ0v) is 8.25. The standard InChI is InChI=1S/C11H10N2O2/c1-13-10(6-7-12-13)11(14)5-4-9-3-2-8-15-9/h2-8H,1H3/b5-4+. The number of furan rings is 1. The van der Waals surface area contributed by atoms with E-state index in [0.29, 0.717) is 11.5 Å². The SMILES string of the molecule is Cn1nccc1C(=O)/C=C/c1ccco1. The average molecular weight is 202 g/mol. The molecule has 0 saturated carbocycles. The van der Waals surface area contributed by atoms with Gasteiger partial charge in [-0.05, 0) is 30.4 Å². The van der Waals surface area contributed by atoms with Gasteiger partial charge in [-0.15, -0.1) is 0 Å². The molecule has 4 nitrogen and oxygen atoms in total. The normalized spacial score (nSPS) is 11.0. The summed E-state index contributed by atoms with van der Waals surface area (Å²) in [6.45, 7) is 0. The van der Waals surface area contributed by atoms with Crippen molar-refractivity contribution in [3.63, 3.8) is 0 Å². The van der Waals surface area contributed by atoms with Crippen LogP contribution in [0, 0.1) is 0 Å². The molecule has 0 atom stereocenters. The molecule has 0 spiro atoms. The summed E-state index contributed by atoms with van der Waals surface area (Å²) in [6, 6.07) is 5.23. The summed E-state index contributed by atoms with van der Waals surface area (Å²) in [6.07, 6.45) is 6.26. The Morgan fingerprint density at radius 2 is 2.40 bits per heavy atom. The van der Waals surface area contributed by atoms with Gasteiger partial charge in [0.15, 0.2) is 0 Å². The number of hydrogen-bond donors (Lipinski definition) is 0. The minimum Gasteiger partial charge on any atom is -0.465 e. The first-order chi connectivity index (χ1) is 7.27. The Bertz CT molecular complexity index is 480. The molecule has 2 aromatic rings. The Balaban J connectivity index is 2.14. The number of carbonyl (C=O) groups excluding carboxylic acids is 1. The van der Waals surface area contributed by atoms with Crippen molar-refractivity contribution < 1.29 is 9.21 Å². The van der Waals surface area contributed by atoms with E-state index in [0.717, 1.165) is 0 Å². The first kappa shape index (κ1) is 9.45. The number of hydrogen-bond acceptors (Lipinski definition) is 3. The third kappa shape index (κ3) is 2.04. The van der Waals surface area contributed by atoms with E-state index in [4.69, 9.17) is 4.42 Å². The van der Waals surface area contributed by atoms with E-state index in [2.05, 4.69) is 5.10 Å². The molecule has 0 aliphatic carbocycles. The van der Waals surface area contributed by atoms with Gasteiger partial charge < -0.3 is 4.42 Å². The lowest BCUT2D eigenvalue weighted by molar-refractivity contribution is 0.103. The van der Waals surface area contributed by atoms with Crippen LogP contribution in [0.15, 0.2) is 41.2 Å². The van der Waals surface area contributed by atoms with E-state index >= 15 is 0 Å². The molecule has 0 amide bonds. The Labute approximate surface area is 86.8 Å². The molecule has 2 aromatic heterocycles. The summed E-state index contributed by atoms with van der Waals surface area (Å²) in [5, 5.41) is 3.92. The van der Waals surface area contributed by atoms with Gasteiger partial charge in [-0.25, -0.2) is 0 Å². The molecule has 0 saturated heterocycles. The summed E-state index contributed by atoms with van der Waals surface area (Å²) in [5.74, 6) is 0.567. The predicted octanol–water partition coefficient (Wildman–Crippen LogP) is 1.91. The monoisotopic (exact) mass is 202 g/mol. The van der Waals surface area contributed by atoms with Crippen LogP contribution in [0.1, 0.15) is 16.2 Å². The third-order valence-electron chi connectivity index (χ3n) is 2.02. The largest absolute Gasteiger partial charge is 0.465 e. The van der Waals surface area contributed by atoms with Crippen LogP contribution in [0.4, 0.5) is 0 Å². The van der Waals surface area contributed by atoms with Crippen molar-refractivity contribution in [1.29, 1.82) is 0 Å². The maximum Gasteiger partial charge on any atom is 0.203 e. The highest BCUT2D eigenvalue weighted by atomic mass is 16.3. The van der Waals surface area contributed by atoms with Gasteiger partial charge >= 0.3 is 0 Å². The molecule has 76 valence electrons. The second-order valence-corrected chi connectivity index (χ2v) is 3.05. The molecule has 0 unspecified atom stereocenters. The molecule has 15 heavy (non-hydrogen) atoms. The van der Waals surface area contributed by atoms with E-state index < -0.39 is 0 Å². The van der Waals surface area contributed by atoms with Crippen LogP contribution in [0.25, 0.3) is 6.08 Å².